The van der Waals surface area contributed by atoms with Crippen LogP contribution in [0.25, 0.3) is 11.3 Å². The van der Waals surface area contributed by atoms with Gasteiger partial charge in [0, 0.05) is 10.9 Å². The van der Waals surface area contributed by atoms with E-state index in [4.69, 9.17) is 10.4 Å². The van der Waals surface area contributed by atoms with Crippen LogP contribution in [0.1, 0.15) is 5.56 Å². The summed E-state index contributed by atoms with van der Waals surface area (Å²) in [5, 5.41) is 22.7. The third-order valence-corrected chi connectivity index (χ3v) is 2.84. The van der Waals surface area contributed by atoms with Crippen LogP contribution in [0, 0.1) is 11.3 Å². The topological polar surface area (TPSA) is 68.9 Å². The normalized spacial score (nSPS) is 9.75. The number of aliphatic hydroxyl groups is 1. The van der Waals surface area contributed by atoms with Gasteiger partial charge in [-0.05, 0) is 12.1 Å². The SMILES string of the molecule is N#Cc1ccc(-c2csc(NCO)n2)cc1. The summed E-state index contributed by atoms with van der Waals surface area (Å²) in [6.45, 7) is -0.125. The van der Waals surface area contributed by atoms with E-state index in [0.717, 1.165) is 11.3 Å². The largest absolute Gasteiger partial charge is 0.377 e. The molecule has 0 saturated carbocycles. The molecular weight excluding hydrogens is 222 g/mol. The average Bonchev–Trinajstić information content (AvgIpc) is 2.78. The highest BCUT2D eigenvalue weighted by Gasteiger charge is 2.03. The lowest BCUT2D eigenvalue weighted by Gasteiger charge is -1.96. The average molecular weight is 231 g/mol. The van der Waals surface area contributed by atoms with Crippen molar-refractivity contribution in [1.29, 1.82) is 5.26 Å². The van der Waals surface area contributed by atoms with Gasteiger partial charge in [-0.15, -0.1) is 11.3 Å². The molecule has 1 aromatic heterocycles. The maximum Gasteiger partial charge on any atom is 0.184 e. The van der Waals surface area contributed by atoms with Crippen LogP contribution in [0.15, 0.2) is 29.6 Å². The zero-order valence-electron chi connectivity index (χ0n) is 8.34. The predicted octanol–water partition coefficient (Wildman–Crippen LogP) is 2.04. The van der Waals surface area contributed by atoms with E-state index in [1.165, 1.54) is 11.3 Å². The lowest BCUT2D eigenvalue weighted by atomic mass is 10.1. The molecule has 2 rings (SSSR count). The lowest BCUT2D eigenvalue weighted by molar-refractivity contribution is 0.325. The standard InChI is InChI=1S/C11H9N3OS/c12-5-8-1-3-9(4-2-8)10-6-16-11(14-10)13-7-15/h1-4,6,15H,7H2,(H,13,14). The third kappa shape index (κ3) is 2.19. The van der Waals surface area contributed by atoms with Gasteiger partial charge in [0.2, 0.25) is 0 Å². The summed E-state index contributed by atoms with van der Waals surface area (Å²) in [6, 6.07) is 9.30. The van der Waals surface area contributed by atoms with E-state index < -0.39 is 0 Å². The first-order valence-corrected chi connectivity index (χ1v) is 5.52. The Kier molecular flexibility index (Phi) is 3.15. The Bertz CT molecular complexity index is 513. The third-order valence-electron chi connectivity index (χ3n) is 2.04. The molecule has 2 aromatic rings. The quantitative estimate of drug-likeness (QED) is 0.793. The maximum absolute atomic E-state index is 8.69. The second-order valence-corrected chi connectivity index (χ2v) is 3.92. The minimum Gasteiger partial charge on any atom is -0.377 e. The van der Waals surface area contributed by atoms with Crippen molar-refractivity contribution >= 4 is 16.5 Å². The summed E-state index contributed by atoms with van der Waals surface area (Å²) in [6.07, 6.45) is 0. The number of rotatable bonds is 3. The Hall–Kier alpha value is -1.90. The fourth-order valence-corrected chi connectivity index (χ4v) is 1.98. The molecule has 0 saturated heterocycles. The maximum atomic E-state index is 8.69. The van der Waals surface area contributed by atoms with Crippen LogP contribution in [0.4, 0.5) is 5.13 Å². The molecule has 4 nitrogen and oxygen atoms in total. The minimum absolute atomic E-state index is 0.125. The molecule has 0 atom stereocenters. The zero-order chi connectivity index (χ0) is 11.4. The van der Waals surface area contributed by atoms with Crippen LogP contribution >= 0.6 is 11.3 Å². The highest BCUT2D eigenvalue weighted by molar-refractivity contribution is 7.14. The molecule has 0 fully saturated rings. The van der Waals surface area contributed by atoms with Gasteiger partial charge in [0.05, 0.1) is 17.3 Å². The first-order valence-electron chi connectivity index (χ1n) is 4.64. The molecule has 0 aliphatic carbocycles. The van der Waals surface area contributed by atoms with Gasteiger partial charge in [-0.3, -0.25) is 0 Å². The molecule has 0 amide bonds. The number of thiazole rings is 1. The van der Waals surface area contributed by atoms with E-state index in [9.17, 15) is 0 Å². The van der Waals surface area contributed by atoms with Gasteiger partial charge in [-0.25, -0.2) is 4.98 Å². The van der Waals surface area contributed by atoms with Crippen LogP contribution in [-0.2, 0) is 0 Å². The van der Waals surface area contributed by atoms with Gasteiger partial charge >= 0.3 is 0 Å². The molecule has 0 bridgehead atoms. The summed E-state index contributed by atoms with van der Waals surface area (Å²) in [7, 11) is 0. The van der Waals surface area contributed by atoms with E-state index in [-0.39, 0.29) is 6.73 Å². The van der Waals surface area contributed by atoms with E-state index in [1.54, 1.807) is 12.1 Å². The molecular formula is C11H9N3OS. The highest BCUT2D eigenvalue weighted by atomic mass is 32.1. The zero-order valence-corrected chi connectivity index (χ0v) is 9.16. The Balaban J connectivity index is 2.25. The summed E-state index contributed by atoms with van der Waals surface area (Å²) in [5.41, 5.74) is 2.43. The van der Waals surface area contributed by atoms with Crippen LogP contribution in [0.5, 0.6) is 0 Å². The van der Waals surface area contributed by atoms with Crippen LogP contribution in [0.2, 0.25) is 0 Å². The summed E-state index contributed by atoms with van der Waals surface area (Å²) < 4.78 is 0. The van der Waals surface area contributed by atoms with Gasteiger partial charge in [0.25, 0.3) is 0 Å². The molecule has 16 heavy (non-hydrogen) atoms. The second kappa shape index (κ2) is 4.75. The first kappa shape index (κ1) is 10.6. The number of aliphatic hydroxyl groups excluding tert-OH is 1. The number of anilines is 1. The van der Waals surface area contributed by atoms with Crippen LogP contribution in [-0.4, -0.2) is 16.8 Å². The number of nitrogens with zero attached hydrogens (tertiary/aromatic N) is 2. The molecule has 5 heteroatoms. The summed E-state index contributed by atoms with van der Waals surface area (Å²) in [4.78, 5) is 4.29. The second-order valence-electron chi connectivity index (χ2n) is 3.06. The Morgan fingerprint density at radius 2 is 2.12 bits per heavy atom. The number of benzene rings is 1. The number of aromatic nitrogens is 1. The van der Waals surface area contributed by atoms with Crippen molar-refractivity contribution in [3.05, 3.63) is 35.2 Å². The molecule has 0 spiro atoms. The van der Waals surface area contributed by atoms with Crippen molar-refractivity contribution in [2.24, 2.45) is 0 Å². The molecule has 0 radical (unpaired) electrons. The predicted molar refractivity (Wildman–Crippen MR) is 63.0 cm³/mol. The minimum atomic E-state index is -0.125. The first-order chi connectivity index (χ1) is 7.83. The van der Waals surface area contributed by atoms with Gasteiger partial charge < -0.3 is 10.4 Å². The highest BCUT2D eigenvalue weighted by Crippen LogP contribution is 2.24. The van der Waals surface area contributed by atoms with Crippen molar-refractivity contribution in [1.82, 2.24) is 4.98 Å². The Labute approximate surface area is 96.8 Å². The fraction of sp³-hybridized carbons (Fsp3) is 0.0909. The molecule has 1 heterocycles. The van der Waals surface area contributed by atoms with Crippen molar-refractivity contribution in [2.45, 2.75) is 0 Å². The van der Waals surface area contributed by atoms with Crippen molar-refractivity contribution in [2.75, 3.05) is 12.0 Å². The molecule has 0 aliphatic heterocycles. The van der Waals surface area contributed by atoms with E-state index >= 15 is 0 Å². The van der Waals surface area contributed by atoms with E-state index in [2.05, 4.69) is 16.4 Å². The van der Waals surface area contributed by atoms with Crippen molar-refractivity contribution in [3.63, 3.8) is 0 Å². The monoisotopic (exact) mass is 231 g/mol. The smallest absolute Gasteiger partial charge is 0.184 e. The van der Waals surface area contributed by atoms with Gasteiger partial charge in [0.15, 0.2) is 5.13 Å². The van der Waals surface area contributed by atoms with E-state index in [0.29, 0.717) is 10.7 Å². The fourth-order valence-electron chi connectivity index (χ4n) is 1.27. The number of hydrogen-bond acceptors (Lipinski definition) is 5. The molecule has 0 unspecified atom stereocenters. The summed E-state index contributed by atoms with van der Waals surface area (Å²) >= 11 is 1.43. The van der Waals surface area contributed by atoms with Gasteiger partial charge in [-0.1, -0.05) is 12.1 Å². The number of nitrogens with one attached hydrogen (secondary N) is 1. The number of nitriles is 1. The van der Waals surface area contributed by atoms with E-state index in [1.807, 2.05) is 17.5 Å². The van der Waals surface area contributed by atoms with Crippen molar-refractivity contribution in [3.8, 4) is 17.3 Å². The van der Waals surface area contributed by atoms with Crippen LogP contribution in [0.3, 0.4) is 0 Å². The van der Waals surface area contributed by atoms with Crippen LogP contribution < -0.4 is 5.32 Å². The molecule has 2 N–H and O–H groups in total. The summed E-state index contributed by atoms with van der Waals surface area (Å²) in [5.74, 6) is 0. The lowest BCUT2D eigenvalue weighted by Crippen LogP contribution is -1.98. The number of hydrogen-bond donors (Lipinski definition) is 2. The Morgan fingerprint density at radius 1 is 1.38 bits per heavy atom. The van der Waals surface area contributed by atoms with Gasteiger partial charge in [-0.2, -0.15) is 5.26 Å². The van der Waals surface area contributed by atoms with Gasteiger partial charge in [0.1, 0.15) is 6.73 Å². The van der Waals surface area contributed by atoms with Crippen molar-refractivity contribution < 1.29 is 5.11 Å². The Morgan fingerprint density at radius 3 is 2.75 bits per heavy atom. The molecule has 1 aromatic carbocycles. The molecule has 0 aliphatic rings. The molecule has 80 valence electrons.